The van der Waals surface area contributed by atoms with Crippen molar-refractivity contribution in [2.45, 2.75) is 44.9 Å². The second-order valence-electron chi connectivity index (χ2n) is 7.03. The second kappa shape index (κ2) is 6.44. The highest BCUT2D eigenvalue weighted by atomic mass is 79.9. The summed E-state index contributed by atoms with van der Waals surface area (Å²) in [4.78, 5) is 18.0. The predicted molar refractivity (Wildman–Crippen MR) is 91.0 cm³/mol. The third kappa shape index (κ3) is 3.62. The smallest absolute Gasteiger partial charge is 0.411 e. The van der Waals surface area contributed by atoms with Crippen LogP contribution in [-0.2, 0) is 9.47 Å². The first-order valence-electron chi connectivity index (χ1n) is 7.86. The zero-order chi connectivity index (χ0) is 17.5. The van der Waals surface area contributed by atoms with E-state index < -0.39 is 11.5 Å². The van der Waals surface area contributed by atoms with Crippen LogP contribution < -0.4 is 0 Å². The Morgan fingerprint density at radius 2 is 2.21 bits per heavy atom. The lowest BCUT2D eigenvalue weighted by molar-refractivity contribution is -0.0510. The van der Waals surface area contributed by atoms with Crippen LogP contribution in [0.1, 0.15) is 32.8 Å². The van der Waals surface area contributed by atoms with Gasteiger partial charge in [-0.25, -0.2) is 9.78 Å². The molecule has 1 aromatic rings. The van der Waals surface area contributed by atoms with Crippen molar-refractivity contribution in [1.29, 1.82) is 0 Å². The third-order valence-electron chi connectivity index (χ3n) is 3.95. The summed E-state index contributed by atoms with van der Waals surface area (Å²) < 4.78 is 25.9. The molecule has 2 aliphatic rings. The topological polar surface area (TPSA) is 51.7 Å². The zero-order valence-electron chi connectivity index (χ0n) is 13.9. The number of morpholine rings is 1. The van der Waals surface area contributed by atoms with Crippen molar-refractivity contribution in [2.24, 2.45) is 0 Å². The third-order valence-corrected chi connectivity index (χ3v) is 4.39. The van der Waals surface area contributed by atoms with Gasteiger partial charge in [-0.05, 0) is 54.8 Å². The summed E-state index contributed by atoms with van der Waals surface area (Å²) in [6.07, 6.45) is 3.46. The minimum absolute atomic E-state index is 0.169. The van der Waals surface area contributed by atoms with E-state index in [2.05, 4.69) is 20.9 Å². The standard InChI is InChI=1S/C17H20BrFN2O3/c1-17(2,3)24-16(22)21-12-4-10(5-13(21)9-23-8-12)14-6-11(18)7-20-15(14)19/h4,6-7,12-13H,5,8-9H2,1-3H3. The number of hydrogen-bond acceptors (Lipinski definition) is 4. The van der Waals surface area contributed by atoms with Crippen molar-refractivity contribution in [1.82, 2.24) is 9.88 Å². The minimum Gasteiger partial charge on any atom is -0.444 e. The van der Waals surface area contributed by atoms with Crippen LogP contribution in [0.3, 0.4) is 0 Å². The first kappa shape index (κ1) is 17.4. The molecule has 0 aliphatic carbocycles. The number of ether oxygens (including phenoxy) is 2. The molecule has 1 saturated heterocycles. The van der Waals surface area contributed by atoms with Crippen LogP contribution in [0, 0.1) is 5.95 Å². The molecule has 24 heavy (non-hydrogen) atoms. The van der Waals surface area contributed by atoms with E-state index in [1.165, 1.54) is 6.20 Å². The van der Waals surface area contributed by atoms with E-state index in [0.717, 1.165) is 10.0 Å². The van der Waals surface area contributed by atoms with Crippen LogP contribution in [0.5, 0.6) is 0 Å². The molecule has 130 valence electrons. The van der Waals surface area contributed by atoms with Gasteiger partial charge in [0.05, 0.1) is 25.3 Å². The van der Waals surface area contributed by atoms with Crippen LogP contribution in [0.4, 0.5) is 9.18 Å². The zero-order valence-corrected chi connectivity index (χ0v) is 15.5. The predicted octanol–water partition coefficient (Wildman–Crippen LogP) is 3.77. The lowest BCUT2D eigenvalue weighted by Crippen LogP contribution is -2.57. The molecule has 1 aromatic heterocycles. The molecule has 1 fully saturated rings. The normalized spacial score (nSPS) is 23.7. The van der Waals surface area contributed by atoms with Crippen LogP contribution >= 0.6 is 15.9 Å². The van der Waals surface area contributed by atoms with Gasteiger partial charge in [0.25, 0.3) is 0 Å². The molecule has 3 rings (SSSR count). The number of nitrogens with zero attached hydrogens (tertiary/aromatic N) is 2. The maximum absolute atomic E-state index is 14.1. The molecule has 2 atom stereocenters. The number of pyridine rings is 1. The number of hydrogen-bond donors (Lipinski definition) is 0. The van der Waals surface area contributed by atoms with Crippen LogP contribution in [0.15, 0.2) is 22.8 Å². The van der Waals surface area contributed by atoms with E-state index in [9.17, 15) is 9.18 Å². The summed E-state index contributed by atoms with van der Waals surface area (Å²) in [5, 5.41) is 0. The van der Waals surface area contributed by atoms with Gasteiger partial charge in [0.2, 0.25) is 5.95 Å². The van der Waals surface area contributed by atoms with Gasteiger partial charge in [-0.15, -0.1) is 0 Å². The van der Waals surface area contributed by atoms with E-state index in [1.807, 2.05) is 26.8 Å². The summed E-state index contributed by atoms with van der Waals surface area (Å²) in [6, 6.07) is 1.28. The van der Waals surface area contributed by atoms with Gasteiger partial charge in [-0.2, -0.15) is 4.39 Å². The van der Waals surface area contributed by atoms with Crippen molar-refractivity contribution in [2.75, 3.05) is 13.2 Å². The fourth-order valence-corrected chi connectivity index (χ4v) is 3.37. The van der Waals surface area contributed by atoms with Crippen molar-refractivity contribution in [3.8, 4) is 0 Å². The molecular weight excluding hydrogens is 379 g/mol. The van der Waals surface area contributed by atoms with Gasteiger partial charge in [-0.1, -0.05) is 6.08 Å². The Balaban J connectivity index is 1.90. The van der Waals surface area contributed by atoms with E-state index >= 15 is 0 Å². The second-order valence-corrected chi connectivity index (χ2v) is 7.95. The van der Waals surface area contributed by atoms with E-state index in [4.69, 9.17) is 9.47 Å². The number of aromatic nitrogens is 1. The lowest BCUT2D eigenvalue weighted by Gasteiger charge is -2.44. The lowest BCUT2D eigenvalue weighted by atomic mass is 9.90. The number of rotatable bonds is 1. The Kier molecular flexibility index (Phi) is 4.66. The first-order chi connectivity index (χ1) is 11.2. The molecule has 0 spiro atoms. The van der Waals surface area contributed by atoms with E-state index in [1.54, 1.807) is 11.0 Å². The molecule has 2 aliphatic heterocycles. The molecule has 2 bridgehead atoms. The van der Waals surface area contributed by atoms with Gasteiger partial charge in [0, 0.05) is 16.2 Å². The summed E-state index contributed by atoms with van der Waals surface area (Å²) >= 11 is 3.33. The average Bonchev–Trinajstić information content (AvgIpc) is 2.46. The average molecular weight is 399 g/mol. The van der Waals surface area contributed by atoms with Gasteiger partial charge in [0.1, 0.15) is 5.60 Å². The molecule has 3 heterocycles. The maximum atomic E-state index is 14.1. The Labute approximate surface area is 149 Å². The Hall–Kier alpha value is -1.47. The molecular formula is C17H20BrFN2O3. The number of fused-ring (bicyclic) bond motifs is 2. The quantitative estimate of drug-likeness (QED) is 0.675. The van der Waals surface area contributed by atoms with Gasteiger partial charge >= 0.3 is 6.09 Å². The molecule has 5 nitrogen and oxygen atoms in total. The SMILES string of the molecule is CC(C)(C)OC(=O)N1C2C=C(c3cc(Br)cnc3F)CC1COC2. The number of carbonyl (C=O) groups is 1. The van der Waals surface area contributed by atoms with Gasteiger partial charge in [-0.3, -0.25) is 4.90 Å². The number of carbonyl (C=O) groups excluding carboxylic acids is 1. The summed E-state index contributed by atoms with van der Waals surface area (Å²) in [6.45, 7) is 6.30. The van der Waals surface area contributed by atoms with E-state index in [0.29, 0.717) is 25.2 Å². The molecule has 2 unspecified atom stereocenters. The molecule has 0 radical (unpaired) electrons. The monoisotopic (exact) mass is 398 g/mol. The van der Waals surface area contributed by atoms with Crippen molar-refractivity contribution >= 4 is 27.6 Å². The minimum atomic E-state index is -0.559. The highest BCUT2D eigenvalue weighted by Crippen LogP contribution is 2.34. The van der Waals surface area contributed by atoms with Crippen molar-refractivity contribution in [3.05, 3.63) is 34.3 Å². The fraction of sp³-hybridized carbons (Fsp3) is 0.529. The highest BCUT2D eigenvalue weighted by Gasteiger charge is 2.40. The van der Waals surface area contributed by atoms with Crippen LogP contribution in [0.2, 0.25) is 0 Å². The van der Waals surface area contributed by atoms with Crippen molar-refractivity contribution in [3.63, 3.8) is 0 Å². The number of amides is 1. The molecule has 1 amide bonds. The van der Waals surface area contributed by atoms with Crippen molar-refractivity contribution < 1.29 is 18.7 Å². The molecule has 0 N–H and O–H groups in total. The van der Waals surface area contributed by atoms with Crippen LogP contribution in [0.25, 0.3) is 5.57 Å². The maximum Gasteiger partial charge on any atom is 0.411 e. The largest absolute Gasteiger partial charge is 0.444 e. The van der Waals surface area contributed by atoms with Crippen LogP contribution in [-0.4, -0.2) is 46.9 Å². The summed E-state index contributed by atoms with van der Waals surface area (Å²) in [5.74, 6) is -0.505. The first-order valence-corrected chi connectivity index (χ1v) is 8.65. The van der Waals surface area contributed by atoms with Gasteiger partial charge < -0.3 is 9.47 Å². The highest BCUT2D eigenvalue weighted by molar-refractivity contribution is 9.10. The van der Waals surface area contributed by atoms with E-state index in [-0.39, 0.29) is 18.2 Å². The molecule has 0 aromatic carbocycles. The molecule has 7 heteroatoms. The fourth-order valence-electron chi connectivity index (χ4n) is 3.04. The summed E-state index contributed by atoms with van der Waals surface area (Å²) in [7, 11) is 0. The Bertz CT molecular complexity index is 687. The molecule has 0 saturated carbocycles. The van der Waals surface area contributed by atoms with Gasteiger partial charge in [0.15, 0.2) is 0 Å². The summed E-state index contributed by atoms with van der Waals surface area (Å²) in [5.41, 5.74) is 0.751. The Morgan fingerprint density at radius 3 is 2.88 bits per heavy atom. The Morgan fingerprint density at radius 1 is 1.46 bits per heavy atom. The number of halogens is 2.